The molecule has 1 N–H and O–H groups in total. The highest BCUT2D eigenvalue weighted by Crippen LogP contribution is 2.16. The van der Waals surface area contributed by atoms with Crippen LogP contribution in [0.25, 0.3) is 0 Å². The van der Waals surface area contributed by atoms with Crippen molar-refractivity contribution in [2.75, 3.05) is 0 Å². The van der Waals surface area contributed by atoms with Crippen molar-refractivity contribution in [1.82, 2.24) is 9.97 Å². The number of H-pyrrole nitrogens is 1. The minimum Gasteiger partial charge on any atom is -0.489 e. The van der Waals surface area contributed by atoms with Crippen molar-refractivity contribution in [3.63, 3.8) is 0 Å². The highest BCUT2D eigenvalue weighted by Gasteiger charge is 1.99. The summed E-state index contributed by atoms with van der Waals surface area (Å²) in [6, 6.07) is 18.7. The van der Waals surface area contributed by atoms with E-state index in [2.05, 4.69) is 46.4 Å². The van der Waals surface area contributed by atoms with E-state index < -0.39 is 0 Å². The number of hydrogen-bond acceptors (Lipinski definition) is 2. The van der Waals surface area contributed by atoms with Gasteiger partial charge in [0.1, 0.15) is 18.2 Å². The van der Waals surface area contributed by atoms with Gasteiger partial charge in [0.05, 0.1) is 0 Å². The number of rotatable bonds is 8. The van der Waals surface area contributed by atoms with Crippen molar-refractivity contribution in [2.24, 2.45) is 0 Å². The maximum absolute atomic E-state index is 5.81. The second kappa shape index (κ2) is 8.18. The molecule has 23 heavy (non-hydrogen) atoms. The maximum atomic E-state index is 5.81. The highest BCUT2D eigenvalue weighted by atomic mass is 16.5. The molecule has 1 heterocycles. The van der Waals surface area contributed by atoms with E-state index in [1.807, 2.05) is 30.6 Å². The number of imidazole rings is 1. The summed E-state index contributed by atoms with van der Waals surface area (Å²) in [5.74, 6) is 2.00. The molecule has 0 saturated carbocycles. The third kappa shape index (κ3) is 4.99. The molecular weight excluding hydrogens is 284 g/mol. The van der Waals surface area contributed by atoms with Gasteiger partial charge in [-0.2, -0.15) is 0 Å². The second-order valence-corrected chi connectivity index (χ2v) is 5.66. The van der Waals surface area contributed by atoms with Gasteiger partial charge in [0.2, 0.25) is 0 Å². The van der Waals surface area contributed by atoms with Crippen LogP contribution in [0, 0.1) is 0 Å². The molecule has 1 aromatic heterocycles. The van der Waals surface area contributed by atoms with Gasteiger partial charge in [-0.3, -0.25) is 0 Å². The molecule has 3 aromatic rings. The third-order valence-electron chi connectivity index (χ3n) is 3.86. The summed E-state index contributed by atoms with van der Waals surface area (Å²) in [5.41, 5.74) is 2.55. The highest BCUT2D eigenvalue weighted by molar-refractivity contribution is 5.27. The van der Waals surface area contributed by atoms with Gasteiger partial charge in [-0.25, -0.2) is 4.98 Å². The van der Waals surface area contributed by atoms with E-state index in [1.54, 1.807) is 0 Å². The fourth-order valence-corrected chi connectivity index (χ4v) is 2.55. The van der Waals surface area contributed by atoms with Gasteiger partial charge in [0.15, 0.2) is 0 Å². The van der Waals surface area contributed by atoms with Crippen molar-refractivity contribution in [3.8, 4) is 5.75 Å². The standard InChI is InChI=1S/C20H22N2O/c1-2-7-18(8-3-1)16-23-19-12-10-17(11-13-19)6-4-5-9-20-21-14-15-22-20/h1-3,7-8,10-15H,4-6,9,16H2,(H,21,22). The molecule has 0 unspecified atom stereocenters. The van der Waals surface area contributed by atoms with Gasteiger partial charge in [-0.1, -0.05) is 42.5 Å². The molecule has 0 amide bonds. The number of nitrogens with zero attached hydrogens (tertiary/aromatic N) is 1. The van der Waals surface area contributed by atoms with Crippen LogP contribution in [-0.2, 0) is 19.4 Å². The van der Waals surface area contributed by atoms with Crippen molar-refractivity contribution in [3.05, 3.63) is 83.9 Å². The molecule has 0 aliphatic heterocycles. The zero-order chi connectivity index (χ0) is 15.7. The summed E-state index contributed by atoms with van der Waals surface area (Å²) < 4.78 is 5.81. The molecule has 0 bridgehead atoms. The Hall–Kier alpha value is -2.55. The van der Waals surface area contributed by atoms with Crippen LogP contribution in [0.2, 0.25) is 0 Å². The van der Waals surface area contributed by atoms with Crippen LogP contribution < -0.4 is 4.74 Å². The van der Waals surface area contributed by atoms with E-state index in [4.69, 9.17) is 4.74 Å². The summed E-state index contributed by atoms with van der Waals surface area (Å²) in [4.78, 5) is 7.39. The van der Waals surface area contributed by atoms with Gasteiger partial charge in [0, 0.05) is 18.8 Å². The number of aryl methyl sites for hydroxylation is 2. The Morgan fingerprint density at radius 3 is 2.35 bits per heavy atom. The number of unbranched alkanes of at least 4 members (excludes halogenated alkanes) is 1. The first kappa shape index (κ1) is 15.3. The lowest BCUT2D eigenvalue weighted by atomic mass is 10.1. The molecule has 3 nitrogen and oxygen atoms in total. The predicted octanol–water partition coefficient (Wildman–Crippen LogP) is 4.55. The predicted molar refractivity (Wildman–Crippen MR) is 92.4 cm³/mol. The quantitative estimate of drug-likeness (QED) is 0.620. The number of ether oxygens (including phenoxy) is 1. The fraction of sp³-hybridized carbons (Fsp3) is 0.250. The number of nitrogens with one attached hydrogen (secondary N) is 1. The molecule has 0 fully saturated rings. The number of benzene rings is 2. The molecule has 3 heteroatoms. The lowest BCUT2D eigenvalue weighted by Gasteiger charge is -2.07. The van der Waals surface area contributed by atoms with Gasteiger partial charge in [-0.05, 0) is 42.5 Å². The first-order valence-electron chi connectivity index (χ1n) is 8.14. The topological polar surface area (TPSA) is 37.9 Å². The minimum atomic E-state index is 0.614. The first-order valence-corrected chi connectivity index (χ1v) is 8.14. The van der Waals surface area contributed by atoms with E-state index in [0.29, 0.717) is 6.61 Å². The Morgan fingerprint density at radius 2 is 1.61 bits per heavy atom. The lowest BCUT2D eigenvalue weighted by Crippen LogP contribution is -1.95. The SMILES string of the molecule is c1ccc(COc2ccc(CCCCc3ncc[nH]3)cc2)cc1. The van der Waals surface area contributed by atoms with Crippen LogP contribution in [0.15, 0.2) is 67.0 Å². The molecule has 0 radical (unpaired) electrons. The summed E-state index contributed by atoms with van der Waals surface area (Å²) in [7, 11) is 0. The van der Waals surface area contributed by atoms with Crippen LogP contribution in [-0.4, -0.2) is 9.97 Å². The molecule has 0 aliphatic rings. The van der Waals surface area contributed by atoms with Crippen LogP contribution >= 0.6 is 0 Å². The summed E-state index contributed by atoms with van der Waals surface area (Å²) in [6.07, 6.45) is 8.13. The second-order valence-electron chi connectivity index (χ2n) is 5.66. The molecule has 3 rings (SSSR count). The van der Waals surface area contributed by atoms with E-state index >= 15 is 0 Å². The average Bonchev–Trinajstić information content (AvgIpc) is 3.12. The van der Waals surface area contributed by atoms with Crippen molar-refractivity contribution < 1.29 is 4.74 Å². The number of hydrogen-bond donors (Lipinski definition) is 1. The van der Waals surface area contributed by atoms with Crippen molar-refractivity contribution in [1.29, 1.82) is 0 Å². The number of aromatic amines is 1. The molecule has 0 aliphatic carbocycles. The zero-order valence-corrected chi connectivity index (χ0v) is 13.2. The molecule has 0 atom stereocenters. The summed E-state index contributed by atoms with van der Waals surface area (Å²) in [5, 5.41) is 0. The van der Waals surface area contributed by atoms with E-state index in [-0.39, 0.29) is 0 Å². The molecule has 2 aromatic carbocycles. The largest absolute Gasteiger partial charge is 0.489 e. The average molecular weight is 306 g/mol. The maximum Gasteiger partial charge on any atom is 0.119 e. The van der Waals surface area contributed by atoms with Gasteiger partial charge < -0.3 is 9.72 Å². The summed E-state index contributed by atoms with van der Waals surface area (Å²) >= 11 is 0. The van der Waals surface area contributed by atoms with Crippen LogP contribution in [0.5, 0.6) is 5.75 Å². The first-order chi connectivity index (χ1) is 11.4. The van der Waals surface area contributed by atoms with Gasteiger partial charge in [0.25, 0.3) is 0 Å². The number of aromatic nitrogens is 2. The van der Waals surface area contributed by atoms with Gasteiger partial charge >= 0.3 is 0 Å². The normalized spacial score (nSPS) is 10.6. The molecular formula is C20H22N2O. The third-order valence-corrected chi connectivity index (χ3v) is 3.86. The monoisotopic (exact) mass is 306 g/mol. The van der Waals surface area contributed by atoms with Crippen molar-refractivity contribution >= 4 is 0 Å². The van der Waals surface area contributed by atoms with E-state index in [0.717, 1.165) is 30.8 Å². The van der Waals surface area contributed by atoms with Crippen LogP contribution in [0.3, 0.4) is 0 Å². The Labute approximate surface area is 137 Å². The smallest absolute Gasteiger partial charge is 0.119 e. The Morgan fingerprint density at radius 1 is 0.826 bits per heavy atom. The molecule has 0 saturated heterocycles. The van der Waals surface area contributed by atoms with E-state index in [1.165, 1.54) is 17.5 Å². The Bertz CT molecular complexity index is 675. The Balaban J connectivity index is 1.40. The molecule has 118 valence electrons. The molecule has 0 spiro atoms. The minimum absolute atomic E-state index is 0.614. The van der Waals surface area contributed by atoms with E-state index in [9.17, 15) is 0 Å². The van der Waals surface area contributed by atoms with Crippen LogP contribution in [0.4, 0.5) is 0 Å². The Kier molecular flexibility index (Phi) is 5.46. The summed E-state index contributed by atoms with van der Waals surface area (Å²) in [6.45, 7) is 0.614. The van der Waals surface area contributed by atoms with Crippen molar-refractivity contribution in [2.45, 2.75) is 32.3 Å². The zero-order valence-electron chi connectivity index (χ0n) is 13.2. The lowest BCUT2D eigenvalue weighted by molar-refractivity contribution is 0.306. The van der Waals surface area contributed by atoms with Gasteiger partial charge in [-0.15, -0.1) is 0 Å². The van der Waals surface area contributed by atoms with Crippen LogP contribution in [0.1, 0.15) is 29.8 Å². The fourth-order valence-electron chi connectivity index (χ4n) is 2.55.